The van der Waals surface area contributed by atoms with Crippen LogP contribution in [0, 0.1) is 13.8 Å². The van der Waals surface area contributed by atoms with E-state index in [0.29, 0.717) is 12.3 Å². The summed E-state index contributed by atoms with van der Waals surface area (Å²) in [5.74, 6) is 1.53. The molecule has 1 aromatic heterocycles. The van der Waals surface area contributed by atoms with E-state index in [1.165, 1.54) is 0 Å². The first-order valence-electron chi connectivity index (χ1n) is 7.14. The van der Waals surface area contributed by atoms with Crippen molar-refractivity contribution in [1.29, 1.82) is 0 Å². The van der Waals surface area contributed by atoms with Crippen LogP contribution in [0.4, 0.5) is 5.69 Å². The fraction of sp³-hybridized carbons (Fsp3) is 0.167. The van der Waals surface area contributed by atoms with Gasteiger partial charge in [0.05, 0.1) is 11.3 Å². The second-order valence-corrected chi connectivity index (χ2v) is 5.23. The summed E-state index contributed by atoms with van der Waals surface area (Å²) in [5, 5.41) is 4.01. The lowest BCUT2D eigenvalue weighted by atomic mass is 10.0. The third-order valence-electron chi connectivity index (χ3n) is 3.54. The van der Waals surface area contributed by atoms with E-state index in [2.05, 4.69) is 5.16 Å². The predicted molar refractivity (Wildman–Crippen MR) is 86.6 cm³/mol. The van der Waals surface area contributed by atoms with Crippen molar-refractivity contribution in [2.75, 3.05) is 5.73 Å². The van der Waals surface area contributed by atoms with Gasteiger partial charge in [0.1, 0.15) is 18.1 Å². The number of aryl methyl sites for hydroxylation is 2. The molecule has 0 atom stereocenters. The molecule has 2 aromatic carbocycles. The van der Waals surface area contributed by atoms with Crippen LogP contribution in [0.5, 0.6) is 5.75 Å². The highest BCUT2D eigenvalue weighted by molar-refractivity contribution is 5.76. The molecule has 0 radical (unpaired) electrons. The van der Waals surface area contributed by atoms with E-state index in [1.807, 2.05) is 62.4 Å². The molecule has 4 nitrogen and oxygen atoms in total. The van der Waals surface area contributed by atoms with Gasteiger partial charge in [-0.05, 0) is 37.6 Å². The number of aromatic nitrogens is 1. The first-order valence-corrected chi connectivity index (χ1v) is 7.14. The highest BCUT2D eigenvalue weighted by Crippen LogP contribution is 2.36. The van der Waals surface area contributed by atoms with Crippen molar-refractivity contribution in [2.45, 2.75) is 20.5 Å². The number of hydrogen-bond donors (Lipinski definition) is 1. The maximum atomic E-state index is 5.99. The zero-order chi connectivity index (χ0) is 15.5. The molecular formula is C18H18N2O2. The number of anilines is 1. The van der Waals surface area contributed by atoms with Gasteiger partial charge in [0.2, 0.25) is 0 Å². The summed E-state index contributed by atoms with van der Waals surface area (Å²) in [6.07, 6.45) is 0. The van der Waals surface area contributed by atoms with Gasteiger partial charge in [-0.25, -0.2) is 0 Å². The molecule has 3 rings (SSSR count). The maximum Gasteiger partial charge on any atom is 0.141 e. The summed E-state index contributed by atoms with van der Waals surface area (Å²) in [6.45, 7) is 4.30. The van der Waals surface area contributed by atoms with Crippen molar-refractivity contribution in [3.05, 3.63) is 65.5 Å². The Morgan fingerprint density at radius 3 is 2.55 bits per heavy atom. The molecule has 0 saturated heterocycles. The monoisotopic (exact) mass is 294 g/mol. The third kappa shape index (κ3) is 2.81. The van der Waals surface area contributed by atoms with Crippen LogP contribution in [0.25, 0.3) is 11.1 Å². The van der Waals surface area contributed by atoms with Crippen molar-refractivity contribution in [2.24, 2.45) is 0 Å². The van der Waals surface area contributed by atoms with Crippen molar-refractivity contribution < 1.29 is 9.26 Å². The average Bonchev–Trinajstić information content (AvgIpc) is 2.86. The van der Waals surface area contributed by atoms with Crippen LogP contribution >= 0.6 is 0 Å². The average molecular weight is 294 g/mol. The van der Waals surface area contributed by atoms with E-state index in [9.17, 15) is 0 Å². The summed E-state index contributed by atoms with van der Waals surface area (Å²) in [4.78, 5) is 0. The molecule has 3 aromatic rings. The third-order valence-corrected chi connectivity index (χ3v) is 3.54. The maximum absolute atomic E-state index is 5.99. The van der Waals surface area contributed by atoms with Crippen molar-refractivity contribution in [3.8, 4) is 16.9 Å². The molecule has 0 fully saturated rings. The van der Waals surface area contributed by atoms with E-state index >= 15 is 0 Å². The van der Waals surface area contributed by atoms with Crippen LogP contribution in [0.2, 0.25) is 0 Å². The number of nitrogens with zero attached hydrogens (tertiary/aromatic N) is 1. The zero-order valence-corrected chi connectivity index (χ0v) is 12.7. The first kappa shape index (κ1) is 14.2. The highest BCUT2D eigenvalue weighted by Gasteiger charge is 2.16. The van der Waals surface area contributed by atoms with Crippen molar-refractivity contribution >= 4 is 5.69 Å². The fourth-order valence-electron chi connectivity index (χ4n) is 2.47. The second kappa shape index (κ2) is 5.93. The summed E-state index contributed by atoms with van der Waals surface area (Å²) in [7, 11) is 0. The molecule has 4 heteroatoms. The lowest BCUT2D eigenvalue weighted by Crippen LogP contribution is -1.98. The molecule has 0 amide bonds. The van der Waals surface area contributed by atoms with Crippen LogP contribution in [-0.4, -0.2) is 5.16 Å². The number of ether oxygens (including phenoxy) is 1. The minimum absolute atomic E-state index is 0.501. The number of hydrogen-bond acceptors (Lipinski definition) is 4. The Kier molecular flexibility index (Phi) is 3.83. The molecule has 112 valence electrons. The minimum atomic E-state index is 0.501. The van der Waals surface area contributed by atoms with Gasteiger partial charge >= 0.3 is 0 Å². The van der Waals surface area contributed by atoms with Gasteiger partial charge in [-0.2, -0.15) is 0 Å². The molecule has 0 aliphatic rings. The molecule has 0 saturated carbocycles. The fourth-order valence-corrected chi connectivity index (χ4v) is 2.47. The number of nitrogen functional groups attached to an aromatic ring is 1. The summed E-state index contributed by atoms with van der Waals surface area (Å²) in [5.41, 5.74) is 10.4. The largest absolute Gasteiger partial charge is 0.488 e. The molecule has 2 N–H and O–H groups in total. The van der Waals surface area contributed by atoms with Gasteiger partial charge in [-0.1, -0.05) is 35.5 Å². The second-order valence-electron chi connectivity index (χ2n) is 5.23. The normalized spacial score (nSPS) is 10.6. The van der Waals surface area contributed by atoms with E-state index < -0.39 is 0 Å². The standard InChI is InChI=1S/C18H18N2O2/c1-12-18(13(2)22-20-12)16-10-15(19)8-9-17(16)21-11-14-6-4-3-5-7-14/h3-10H,11,19H2,1-2H3. The van der Waals surface area contributed by atoms with Crippen LogP contribution in [0.15, 0.2) is 53.1 Å². The van der Waals surface area contributed by atoms with Crippen LogP contribution in [0.1, 0.15) is 17.0 Å². The van der Waals surface area contributed by atoms with E-state index in [1.54, 1.807) is 0 Å². The Hall–Kier alpha value is -2.75. The quantitative estimate of drug-likeness (QED) is 0.735. The van der Waals surface area contributed by atoms with Gasteiger partial charge in [-0.15, -0.1) is 0 Å². The number of rotatable bonds is 4. The summed E-state index contributed by atoms with van der Waals surface area (Å²) in [6, 6.07) is 15.7. The molecule has 0 bridgehead atoms. The molecule has 0 spiro atoms. The molecule has 0 unspecified atom stereocenters. The molecular weight excluding hydrogens is 276 g/mol. The lowest BCUT2D eigenvalue weighted by Gasteiger charge is -2.12. The Morgan fingerprint density at radius 1 is 1.09 bits per heavy atom. The molecule has 0 aliphatic carbocycles. The summed E-state index contributed by atoms with van der Waals surface area (Å²) >= 11 is 0. The van der Waals surface area contributed by atoms with Crippen LogP contribution < -0.4 is 10.5 Å². The smallest absolute Gasteiger partial charge is 0.141 e. The van der Waals surface area contributed by atoms with Crippen molar-refractivity contribution in [1.82, 2.24) is 5.16 Å². The molecule has 1 heterocycles. The van der Waals surface area contributed by atoms with Gasteiger partial charge < -0.3 is 15.0 Å². The Morgan fingerprint density at radius 2 is 1.86 bits per heavy atom. The lowest BCUT2D eigenvalue weighted by molar-refractivity contribution is 0.307. The van der Waals surface area contributed by atoms with Gasteiger partial charge in [0.25, 0.3) is 0 Å². The zero-order valence-electron chi connectivity index (χ0n) is 12.7. The van der Waals surface area contributed by atoms with Gasteiger partial charge in [0.15, 0.2) is 0 Å². The Labute approximate surface area is 129 Å². The Balaban J connectivity index is 1.95. The van der Waals surface area contributed by atoms with E-state index in [0.717, 1.165) is 33.9 Å². The topological polar surface area (TPSA) is 61.3 Å². The van der Waals surface area contributed by atoms with E-state index in [-0.39, 0.29) is 0 Å². The number of benzene rings is 2. The van der Waals surface area contributed by atoms with Crippen LogP contribution in [0.3, 0.4) is 0 Å². The molecule has 22 heavy (non-hydrogen) atoms. The van der Waals surface area contributed by atoms with Gasteiger partial charge in [-0.3, -0.25) is 0 Å². The van der Waals surface area contributed by atoms with Gasteiger partial charge in [0, 0.05) is 11.3 Å². The first-order chi connectivity index (χ1) is 10.6. The van der Waals surface area contributed by atoms with E-state index in [4.69, 9.17) is 15.0 Å². The minimum Gasteiger partial charge on any atom is -0.488 e. The SMILES string of the molecule is Cc1noc(C)c1-c1cc(N)ccc1OCc1ccccc1. The Bertz CT molecular complexity index is 760. The predicted octanol–water partition coefficient (Wildman–Crippen LogP) is 4.12. The summed E-state index contributed by atoms with van der Waals surface area (Å²) < 4.78 is 11.2. The van der Waals surface area contributed by atoms with Crippen LogP contribution in [-0.2, 0) is 6.61 Å². The molecule has 0 aliphatic heterocycles. The highest BCUT2D eigenvalue weighted by atomic mass is 16.5. The van der Waals surface area contributed by atoms with Crippen molar-refractivity contribution in [3.63, 3.8) is 0 Å². The number of nitrogens with two attached hydrogens (primary N) is 1.